The first-order chi connectivity index (χ1) is 12.0. The van der Waals surface area contributed by atoms with Crippen LogP contribution in [0.3, 0.4) is 0 Å². The minimum absolute atomic E-state index is 0.101. The predicted octanol–water partition coefficient (Wildman–Crippen LogP) is 2.30. The van der Waals surface area contributed by atoms with Crippen molar-refractivity contribution in [3.8, 4) is 0 Å². The van der Waals surface area contributed by atoms with Gasteiger partial charge in [0.1, 0.15) is 5.82 Å². The highest BCUT2D eigenvalue weighted by Gasteiger charge is 2.07. The van der Waals surface area contributed by atoms with Crippen LogP contribution in [0.15, 0.2) is 29.8 Å². The van der Waals surface area contributed by atoms with Crippen molar-refractivity contribution < 1.29 is 4.79 Å². The van der Waals surface area contributed by atoms with Crippen molar-refractivity contribution in [1.82, 2.24) is 20.3 Å². The summed E-state index contributed by atoms with van der Waals surface area (Å²) in [5.74, 6) is 1.30. The minimum atomic E-state index is -0.101. The Morgan fingerprint density at radius 1 is 1.20 bits per heavy atom. The number of nitrogens with zero attached hydrogens (tertiary/aromatic N) is 4. The maximum atomic E-state index is 12.2. The van der Waals surface area contributed by atoms with E-state index >= 15 is 0 Å². The van der Waals surface area contributed by atoms with Gasteiger partial charge < -0.3 is 15.5 Å². The Morgan fingerprint density at radius 2 is 2.04 bits per heavy atom. The van der Waals surface area contributed by atoms with Crippen LogP contribution >= 0.6 is 11.3 Å². The number of aromatic nitrogens is 3. The average Bonchev–Trinajstić information content (AvgIpc) is 3.05. The third kappa shape index (κ3) is 4.21. The van der Waals surface area contributed by atoms with Crippen molar-refractivity contribution >= 4 is 39.2 Å². The molecule has 0 bridgehead atoms. The molecule has 2 N–H and O–H groups in total. The van der Waals surface area contributed by atoms with E-state index in [1.807, 2.05) is 44.1 Å². The molecule has 0 aliphatic heterocycles. The van der Waals surface area contributed by atoms with Crippen molar-refractivity contribution in [2.24, 2.45) is 0 Å². The molecule has 3 rings (SSSR count). The summed E-state index contributed by atoms with van der Waals surface area (Å²) < 4.78 is 1.01. The fourth-order valence-corrected chi connectivity index (χ4v) is 3.03. The van der Waals surface area contributed by atoms with Gasteiger partial charge in [-0.1, -0.05) is 0 Å². The van der Waals surface area contributed by atoms with Gasteiger partial charge in [0.05, 0.1) is 15.7 Å². The minimum Gasteiger partial charge on any atom is -0.363 e. The summed E-state index contributed by atoms with van der Waals surface area (Å²) in [6.45, 7) is 2.95. The molecule has 2 heterocycles. The van der Waals surface area contributed by atoms with Gasteiger partial charge in [-0.05, 0) is 25.1 Å². The number of anilines is 2. The molecule has 130 valence electrons. The molecule has 0 radical (unpaired) electrons. The van der Waals surface area contributed by atoms with Gasteiger partial charge in [0.15, 0.2) is 0 Å². The van der Waals surface area contributed by atoms with Crippen LogP contribution in [-0.2, 0) is 0 Å². The molecule has 3 aromatic rings. The number of fused-ring (bicyclic) bond motifs is 1. The first kappa shape index (κ1) is 17.1. The molecule has 2 aromatic heterocycles. The molecule has 0 fully saturated rings. The molecule has 1 amide bonds. The fraction of sp³-hybridized carbons (Fsp3) is 0.294. The quantitative estimate of drug-likeness (QED) is 0.660. The van der Waals surface area contributed by atoms with Crippen LogP contribution in [-0.4, -0.2) is 48.0 Å². The molecule has 0 atom stereocenters. The topological polar surface area (TPSA) is 83.0 Å². The van der Waals surface area contributed by atoms with Crippen LogP contribution in [0.5, 0.6) is 0 Å². The zero-order valence-electron chi connectivity index (χ0n) is 14.4. The lowest BCUT2D eigenvalue weighted by atomic mass is 10.2. The number of benzene rings is 1. The molecule has 7 nitrogen and oxygen atoms in total. The first-order valence-corrected chi connectivity index (χ1v) is 8.79. The molecule has 8 heteroatoms. The lowest BCUT2D eigenvalue weighted by Crippen LogP contribution is -2.29. The van der Waals surface area contributed by atoms with Crippen LogP contribution in [0.2, 0.25) is 0 Å². The van der Waals surface area contributed by atoms with E-state index in [-0.39, 0.29) is 5.91 Å². The summed E-state index contributed by atoms with van der Waals surface area (Å²) in [6, 6.07) is 7.44. The summed E-state index contributed by atoms with van der Waals surface area (Å²) in [5, 5.41) is 6.04. The lowest BCUT2D eigenvalue weighted by molar-refractivity contribution is 0.0955. The molecular weight excluding hydrogens is 336 g/mol. The van der Waals surface area contributed by atoms with Crippen molar-refractivity contribution in [3.05, 3.63) is 41.0 Å². The third-order valence-electron chi connectivity index (χ3n) is 3.59. The highest BCUT2D eigenvalue weighted by Crippen LogP contribution is 2.19. The first-order valence-electron chi connectivity index (χ1n) is 7.91. The van der Waals surface area contributed by atoms with Crippen molar-refractivity contribution in [2.45, 2.75) is 6.92 Å². The fourth-order valence-electron chi connectivity index (χ4n) is 2.31. The van der Waals surface area contributed by atoms with E-state index in [9.17, 15) is 4.79 Å². The predicted molar refractivity (Wildman–Crippen MR) is 102 cm³/mol. The number of thiazole rings is 1. The number of carbonyl (C=O) groups excluding carboxylic acids is 1. The zero-order valence-corrected chi connectivity index (χ0v) is 15.2. The second-order valence-corrected chi connectivity index (χ2v) is 6.69. The second-order valence-electron chi connectivity index (χ2n) is 5.80. The van der Waals surface area contributed by atoms with E-state index in [2.05, 4.69) is 25.6 Å². The monoisotopic (exact) mass is 356 g/mol. The molecule has 1 aromatic carbocycles. The molecule has 0 aliphatic carbocycles. The number of nitrogens with one attached hydrogen (secondary N) is 2. The van der Waals surface area contributed by atoms with Crippen LogP contribution in [0, 0.1) is 6.92 Å². The number of rotatable bonds is 6. The highest BCUT2D eigenvalue weighted by molar-refractivity contribution is 7.16. The van der Waals surface area contributed by atoms with Crippen LogP contribution in [0.1, 0.15) is 16.1 Å². The number of hydrogen-bond donors (Lipinski definition) is 2. The maximum absolute atomic E-state index is 12.2. The van der Waals surface area contributed by atoms with E-state index in [0.29, 0.717) is 24.6 Å². The molecule has 0 aliphatic rings. The molecule has 0 spiro atoms. The maximum Gasteiger partial charge on any atom is 0.251 e. The van der Waals surface area contributed by atoms with Crippen LogP contribution < -0.4 is 15.5 Å². The Balaban J connectivity index is 1.53. The van der Waals surface area contributed by atoms with Gasteiger partial charge in [-0.25, -0.2) is 9.97 Å². The van der Waals surface area contributed by atoms with Crippen LogP contribution in [0.25, 0.3) is 10.2 Å². The molecular formula is C17H20N6OS. The second kappa shape index (κ2) is 7.43. The summed E-state index contributed by atoms with van der Waals surface area (Å²) in [6.07, 6.45) is 0. The smallest absolute Gasteiger partial charge is 0.251 e. The Morgan fingerprint density at radius 3 is 2.84 bits per heavy atom. The van der Waals surface area contributed by atoms with Gasteiger partial charge in [-0.15, -0.1) is 11.3 Å². The summed E-state index contributed by atoms with van der Waals surface area (Å²) in [4.78, 5) is 27.1. The average molecular weight is 356 g/mol. The SMILES string of the molecule is Cc1cc(N(C)C)nc(NCCNC(=O)c2ccc3ncsc3c2)n1. The van der Waals surface area contributed by atoms with Gasteiger partial charge in [0.2, 0.25) is 5.95 Å². The third-order valence-corrected chi connectivity index (χ3v) is 4.38. The summed E-state index contributed by atoms with van der Waals surface area (Å²) in [5.41, 5.74) is 4.22. The number of aryl methyl sites for hydroxylation is 1. The van der Waals surface area contributed by atoms with Gasteiger partial charge >= 0.3 is 0 Å². The van der Waals surface area contributed by atoms with Crippen molar-refractivity contribution in [1.29, 1.82) is 0 Å². The van der Waals surface area contributed by atoms with Crippen molar-refractivity contribution in [3.63, 3.8) is 0 Å². The molecule has 0 saturated heterocycles. The largest absolute Gasteiger partial charge is 0.363 e. The number of hydrogen-bond acceptors (Lipinski definition) is 7. The van der Waals surface area contributed by atoms with E-state index in [4.69, 9.17) is 0 Å². The summed E-state index contributed by atoms with van der Waals surface area (Å²) in [7, 11) is 3.87. The lowest BCUT2D eigenvalue weighted by Gasteiger charge is -2.14. The van der Waals surface area contributed by atoms with E-state index in [1.54, 1.807) is 11.6 Å². The Labute approximate surface area is 150 Å². The number of carbonyl (C=O) groups is 1. The van der Waals surface area contributed by atoms with E-state index in [0.717, 1.165) is 21.7 Å². The molecule has 0 unspecified atom stereocenters. The van der Waals surface area contributed by atoms with E-state index in [1.165, 1.54) is 11.3 Å². The van der Waals surface area contributed by atoms with Crippen LogP contribution in [0.4, 0.5) is 11.8 Å². The van der Waals surface area contributed by atoms with Gasteiger partial charge in [0, 0.05) is 44.5 Å². The van der Waals surface area contributed by atoms with Crippen molar-refractivity contribution in [2.75, 3.05) is 37.4 Å². The standard InChI is InChI=1S/C17H20N6OS/c1-11-8-15(23(2)3)22-17(21-11)19-7-6-18-16(24)12-4-5-13-14(9-12)25-10-20-13/h4-5,8-10H,6-7H2,1-3H3,(H,18,24)(H,19,21,22). The highest BCUT2D eigenvalue weighted by atomic mass is 32.1. The van der Waals surface area contributed by atoms with Gasteiger partial charge in [-0.2, -0.15) is 4.98 Å². The Kier molecular flexibility index (Phi) is 5.08. The zero-order chi connectivity index (χ0) is 17.8. The Bertz CT molecular complexity index is 892. The molecule has 25 heavy (non-hydrogen) atoms. The molecule has 0 saturated carbocycles. The van der Waals surface area contributed by atoms with Gasteiger partial charge in [-0.3, -0.25) is 4.79 Å². The van der Waals surface area contributed by atoms with E-state index < -0.39 is 0 Å². The Hall–Kier alpha value is -2.74. The van der Waals surface area contributed by atoms with Gasteiger partial charge in [0.25, 0.3) is 5.91 Å². The summed E-state index contributed by atoms with van der Waals surface area (Å²) >= 11 is 1.53. The normalized spacial score (nSPS) is 10.7. The number of amides is 1.